The number of anilines is 1. The Bertz CT molecular complexity index is 1000. The van der Waals surface area contributed by atoms with Gasteiger partial charge in [0.25, 0.3) is 0 Å². The number of hydrogen-bond donors (Lipinski definition) is 1. The predicted molar refractivity (Wildman–Crippen MR) is 103 cm³/mol. The van der Waals surface area contributed by atoms with E-state index in [0.717, 1.165) is 33.8 Å². The number of nitrogens with zero attached hydrogens (tertiary/aromatic N) is 1. The first-order chi connectivity index (χ1) is 12.1. The molecule has 3 aromatic carbocycles. The number of fused-ring (bicyclic) bond motifs is 3. The van der Waals surface area contributed by atoms with Crippen LogP contribution in [0.3, 0.4) is 0 Å². The number of hydrogen-bond acceptors (Lipinski definition) is 2. The molecule has 1 aliphatic carbocycles. The maximum absolute atomic E-state index is 11.4. The largest absolute Gasteiger partial charge is 0.326 e. The first kappa shape index (κ1) is 15.3. The Labute approximate surface area is 147 Å². The van der Waals surface area contributed by atoms with E-state index in [9.17, 15) is 4.79 Å². The Morgan fingerprint density at radius 2 is 1.52 bits per heavy atom. The van der Waals surface area contributed by atoms with Crippen LogP contribution in [0.25, 0.3) is 11.1 Å². The summed E-state index contributed by atoms with van der Waals surface area (Å²) < 4.78 is 0. The second-order valence-electron chi connectivity index (χ2n) is 6.28. The summed E-state index contributed by atoms with van der Waals surface area (Å²) in [6, 6.07) is 22.5. The molecule has 1 aliphatic rings. The van der Waals surface area contributed by atoms with Crippen LogP contribution >= 0.6 is 0 Å². The summed E-state index contributed by atoms with van der Waals surface area (Å²) in [5.74, 6) is -0.0764. The molecule has 122 valence electrons. The van der Waals surface area contributed by atoms with Crippen molar-refractivity contribution in [2.75, 3.05) is 5.32 Å². The van der Waals surface area contributed by atoms with Crippen LogP contribution in [0.5, 0.6) is 0 Å². The number of amides is 1. The maximum Gasteiger partial charge on any atom is 0.221 e. The molecule has 0 bridgehead atoms. The van der Waals surface area contributed by atoms with Crippen molar-refractivity contribution in [3.8, 4) is 11.1 Å². The summed E-state index contributed by atoms with van der Waals surface area (Å²) in [5, 5.41) is 2.86. The Balaban J connectivity index is 1.89. The first-order valence-corrected chi connectivity index (χ1v) is 8.29. The Hall–Kier alpha value is -3.20. The van der Waals surface area contributed by atoms with Crippen LogP contribution in [0.4, 0.5) is 11.4 Å². The van der Waals surface area contributed by atoms with E-state index in [1.54, 1.807) is 0 Å². The topological polar surface area (TPSA) is 41.5 Å². The van der Waals surface area contributed by atoms with E-state index < -0.39 is 0 Å². The van der Waals surface area contributed by atoms with Gasteiger partial charge in [-0.15, -0.1) is 0 Å². The van der Waals surface area contributed by atoms with Crippen molar-refractivity contribution in [1.29, 1.82) is 0 Å². The number of rotatable bonds is 2. The smallest absolute Gasteiger partial charge is 0.221 e. The Morgan fingerprint density at radius 1 is 0.840 bits per heavy atom. The SMILES string of the molecule is CC(=O)Nc1ccc2c(c1)C(=Nc1ccc(C)cc1)c1ccccc1-2. The fourth-order valence-corrected chi connectivity index (χ4v) is 3.19. The third kappa shape index (κ3) is 2.85. The molecule has 0 unspecified atom stereocenters. The Kier molecular flexibility index (Phi) is 3.69. The van der Waals surface area contributed by atoms with Gasteiger partial charge in [-0.25, -0.2) is 4.99 Å². The average molecular weight is 326 g/mol. The Morgan fingerprint density at radius 3 is 2.24 bits per heavy atom. The molecular formula is C22H18N2O. The minimum Gasteiger partial charge on any atom is -0.326 e. The highest BCUT2D eigenvalue weighted by atomic mass is 16.1. The molecule has 0 radical (unpaired) electrons. The van der Waals surface area contributed by atoms with E-state index in [0.29, 0.717) is 0 Å². The monoisotopic (exact) mass is 326 g/mol. The molecule has 4 rings (SSSR count). The van der Waals surface area contributed by atoms with Crippen molar-refractivity contribution in [2.24, 2.45) is 4.99 Å². The molecule has 3 nitrogen and oxygen atoms in total. The van der Waals surface area contributed by atoms with Crippen molar-refractivity contribution >= 4 is 23.0 Å². The molecule has 0 fully saturated rings. The molecule has 0 saturated heterocycles. The molecule has 0 aromatic heterocycles. The molecule has 25 heavy (non-hydrogen) atoms. The summed E-state index contributed by atoms with van der Waals surface area (Å²) in [7, 11) is 0. The summed E-state index contributed by atoms with van der Waals surface area (Å²) >= 11 is 0. The molecule has 0 heterocycles. The van der Waals surface area contributed by atoms with Gasteiger partial charge in [-0.05, 0) is 42.3 Å². The molecule has 3 heteroatoms. The number of carbonyl (C=O) groups excluding carboxylic acids is 1. The van der Waals surface area contributed by atoms with E-state index in [1.807, 2.05) is 36.4 Å². The van der Waals surface area contributed by atoms with E-state index in [2.05, 4.69) is 42.6 Å². The van der Waals surface area contributed by atoms with Gasteiger partial charge in [-0.1, -0.05) is 48.0 Å². The zero-order valence-corrected chi connectivity index (χ0v) is 14.2. The van der Waals surface area contributed by atoms with Crippen molar-refractivity contribution < 1.29 is 4.79 Å². The molecule has 0 spiro atoms. The minimum absolute atomic E-state index is 0.0764. The summed E-state index contributed by atoms with van der Waals surface area (Å²) in [6.07, 6.45) is 0. The minimum atomic E-state index is -0.0764. The van der Waals surface area contributed by atoms with Crippen LogP contribution < -0.4 is 5.32 Å². The average Bonchev–Trinajstić information content (AvgIpc) is 2.90. The third-order valence-electron chi connectivity index (χ3n) is 4.34. The van der Waals surface area contributed by atoms with Crippen LogP contribution in [0.2, 0.25) is 0 Å². The van der Waals surface area contributed by atoms with E-state index >= 15 is 0 Å². The van der Waals surface area contributed by atoms with Crippen LogP contribution in [0.15, 0.2) is 71.7 Å². The van der Waals surface area contributed by atoms with E-state index in [1.165, 1.54) is 18.1 Å². The zero-order valence-electron chi connectivity index (χ0n) is 14.2. The van der Waals surface area contributed by atoms with Gasteiger partial charge in [-0.2, -0.15) is 0 Å². The van der Waals surface area contributed by atoms with Gasteiger partial charge in [0.15, 0.2) is 0 Å². The van der Waals surface area contributed by atoms with Crippen LogP contribution in [-0.2, 0) is 4.79 Å². The number of nitrogens with one attached hydrogen (secondary N) is 1. The standard InChI is InChI=1S/C22H18N2O/c1-14-7-9-16(10-8-14)24-22-20-6-4-3-5-18(20)19-12-11-17(13-21(19)22)23-15(2)25/h3-13H,1-2H3,(H,23,25). The summed E-state index contributed by atoms with van der Waals surface area (Å²) in [6.45, 7) is 3.58. The molecule has 3 aromatic rings. The van der Waals surface area contributed by atoms with Crippen molar-refractivity contribution in [3.63, 3.8) is 0 Å². The van der Waals surface area contributed by atoms with E-state index in [-0.39, 0.29) is 5.91 Å². The number of carbonyl (C=O) groups is 1. The van der Waals surface area contributed by atoms with Gasteiger partial charge < -0.3 is 5.32 Å². The van der Waals surface area contributed by atoms with Crippen molar-refractivity contribution in [1.82, 2.24) is 0 Å². The molecule has 0 aliphatic heterocycles. The quantitative estimate of drug-likeness (QED) is 0.547. The lowest BCUT2D eigenvalue weighted by Gasteiger charge is -2.06. The van der Waals surface area contributed by atoms with Crippen molar-refractivity contribution in [2.45, 2.75) is 13.8 Å². The van der Waals surface area contributed by atoms with Gasteiger partial charge >= 0.3 is 0 Å². The normalized spacial score (nSPS) is 13.4. The highest BCUT2D eigenvalue weighted by molar-refractivity contribution is 6.25. The summed E-state index contributed by atoms with van der Waals surface area (Å²) in [4.78, 5) is 16.3. The number of aliphatic imine (C=N–C) groups is 1. The molecule has 0 atom stereocenters. The second kappa shape index (κ2) is 6.02. The van der Waals surface area contributed by atoms with Gasteiger partial charge in [-0.3, -0.25) is 4.79 Å². The lowest BCUT2D eigenvalue weighted by atomic mass is 10.1. The van der Waals surface area contributed by atoms with Gasteiger partial charge in [0.05, 0.1) is 11.4 Å². The van der Waals surface area contributed by atoms with Crippen LogP contribution in [-0.4, -0.2) is 11.6 Å². The van der Waals surface area contributed by atoms with E-state index in [4.69, 9.17) is 4.99 Å². The van der Waals surface area contributed by atoms with Gasteiger partial charge in [0.1, 0.15) is 0 Å². The highest BCUT2D eigenvalue weighted by Gasteiger charge is 2.24. The zero-order chi connectivity index (χ0) is 17.4. The highest BCUT2D eigenvalue weighted by Crippen LogP contribution is 2.39. The molecule has 1 amide bonds. The maximum atomic E-state index is 11.4. The number of benzene rings is 3. The molecule has 1 N–H and O–H groups in total. The van der Waals surface area contributed by atoms with Gasteiger partial charge in [0, 0.05) is 23.7 Å². The van der Waals surface area contributed by atoms with Gasteiger partial charge in [0.2, 0.25) is 5.91 Å². The van der Waals surface area contributed by atoms with Crippen LogP contribution in [0, 0.1) is 6.92 Å². The molecular weight excluding hydrogens is 308 g/mol. The second-order valence-corrected chi connectivity index (χ2v) is 6.28. The fourth-order valence-electron chi connectivity index (χ4n) is 3.19. The third-order valence-corrected chi connectivity index (χ3v) is 4.34. The lowest BCUT2D eigenvalue weighted by molar-refractivity contribution is -0.114. The van der Waals surface area contributed by atoms with Crippen molar-refractivity contribution in [3.05, 3.63) is 83.4 Å². The fraction of sp³-hybridized carbons (Fsp3) is 0.0909. The van der Waals surface area contributed by atoms with Crippen LogP contribution in [0.1, 0.15) is 23.6 Å². The first-order valence-electron chi connectivity index (χ1n) is 8.29. The molecule has 0 saturated carbocycles. The number of aryl methyl sites for hydroxylation is 1. The predicted octanol–water partition coefficient (Wildman–Crippen LogP) is 5.10. The summed E-state index contributed by atoms with van der Waals surface area (Å²) in [5.41, 5.74) is 8.37. The lowest BCUT2D eigenvalue weighted by Crippen LogP contribution is -2.06.